The highest BCUT2D eigenvalue weighted by atomic mass is 16.3. The summed E-state index contributed by atoms with van der Waals surface area (Å²) < 4.78 is 6.61. The van der Waals surface area contributed by atoms with Crippen molar-refractivity contribution < 1.29 is 4.42 Å². The summed E-state index contributed by atoms with van der Waals surface area (Å²) in [7, 11) is 0. The minimum absolute atomic E-state index is 0.154. The summed E-state index contributed by atoms with van der Waals surface area (Å²) in [4.78, 5) is 0. The van der Waals surface area contributed by atoms with Crippen molar-refractivity contribution in [3.8, 4) is 44.5 Å². The average Bonchev–Trinajstić information content (AvgIpc) is 3.74. The maximum Gasteiger partial charge on any atom is 0.143 e. The summed E-state index contributed by atoms with van der Waals surface area (Å²) in [5.74, 6) is 0. The van der Waals surface area contributed by atoms with Crippen molar-refractivity contribution in [2.24, 2.45) is 0 Å². The highest BCUT2D eigenvalue weighted by Crippen LogP contribution is 2.54. The van der Waals surface area contributed by atoms with Crippen molar-refractivity contribution in [2.75, 3.05) is 0 Å². The second-order valence-electron chi connectivity index (χ2n) is 16.0. The van der Waals surface area contributed by atoms with E-state index in [9.17, 15) is 0 Å². The lowest BCUT2D eigenvalue weighted by atomic mass is 9.81. The molecular formula is C55H36O. The molecule has 1 heteroatoms. The topological polar surface area (TPSA) is 13.1 Å². The van der Waals surface area contributed by atoms with Gasteiger partial charge in [0.2, 0.25) is 0 Å². The SMILES string of the molecule is CC1(C)c2cc(-c3ccc(-c4c5ccccc5c(-c5cccc6ccccc56)c5ccccc45)cc3)ccc2-c2c1ccc1oc3c4ccccc4ccc3c21. The van der Waals surface area contributed by atoms with Crippen LogP contribution in [0.2, 0.25) is 0 Å². The third-order valence-corrected chi connectivity index (χ3v) is 12.7. The van der Waals surface area contributed by atoms with Crippen LogP contribution >= 0.6 is 0 Å². The predicted molar refractivity (Wildman–Crippen MR) is 238 cm³/mol. The van der Waals surface area contributed by atoms with Gasteiger partial charge in [0.15, 0.2) is 0 Å². The Morgan fingerprint density at radius 1 is 0.357 bits per heavy atom. The first-order valence-electron chi connectivity index (χ1n) is 19.6. The van der Waals surface area contributed by atoms with Crippen LogP contribution in [0.15, 0.2) is 186 Å². The van der Waals surface area contributed by atoms with Gasteiger partial charge in [-0.15, -0.1) is 0 Å². The van der Waals surface area contributed by atoms with Crippen LogP contribution in [0, 0.1) is 0 Å². The molecule has 0 unspecified atom stereocenters. The van der Waals surface area contributed by atoms with E-state index in [0.29, 0.717) is 0 Å². The average molecular weight is 713 g/mol. The smallest absolute Gasteiger partial charge is 0.143 e. The van der Waals surface area contributed by atoms with Gasteiger partial charge in [0, 0.05) is 21.6 Å². The normalized spacial score (nSPS) is 13.3. The van der Waals surface area contributed by atoms with Crippen molar-refractivity contribution in [2.45, 2.75) is 19.3 Å². The fourth-order valence-electron chi connectivity index (χ4n) is 10.0. The van der Waals surface area contributed by atoms with E-state index >= 15 is 0 Å². The van der Waals surface area contributed by atoms with Gasteiger partial charge in [0.05, 0.1) is 0 Å². The molecule has 1 aromatic heterocycles. The van der Waals surface area contributed by atoms with Gasteiger partial charge in [-0.1, -0.05) is 178 Å². The molecule has 0 fully saturated rings. The number of hydrogen-bond donors (Lipinski definition) is 0. The number of benzene rings is 10. The quantitative estimate of drug-likeness (QED) is 0.166. The first-order chi connectivity index (χ1) is 27.5. The highest BCUT2D eigenvalue weighted by Gasteiger charge is 2.37. The second-order valence-corrected chi connectivity index (χ2v) is 16.0. The molecule has 0 bridgehead atoms. The van der Waals surface area contributed by atoms with Crippen LogP contribution in [0.25, 0.3) is 110 Å². The highest BCUT2D eigenvalue weighted by molar-refractivity contribution is 6.24. The van der Waals surface area contributed by atoms with Gasteiger partial charge in [-0.05, 0) is 112 Å². The Morgan fingerprint density at radius 2 is 0.929 bits per heavy atom. The summed E-state index contributed by atoms with van der Waals surface area (Å²) in [6.45, 7) is 4.73. The van der Waals surface area contributed by atoms with Crippen molar-refractivity contribution >= 4 is 65.0 Å². The Bertz CT molecular complexity index is 3370. The third-order valence-electron chi connectivity index (χ3n) is 12.7. The van der Waals surface area contributed by atoms with Crippen LogP contribution < -0.4 is 0 Å². The van der Waals surface area contributed by atoms with Gasteiger partial charge in [0.1, 0.15) is 11.2 Å². The third kappa shape index (κ3) is 4.31. The van der Waals surface area contributed by atoms with Crippen LogP contribution in [0.1, 0.15) is 25.0 Å². The monoisotopic (exact) mass is 712 g/mol. The molecule has 12 rings (SSSR count). The summed E-state index contributed by atoms with van der Waals surface area (Å²) in [6.07, 6.45) is 0. The number of hydrogen-bond acceptors (Lipinski definition) is 1. The zero-order chi connectivity index (χ0) is 37.1. The van der Waals surface area contributed by atoms with Gasteiger partial charge in [-0.3, -0.25) is 0 Å². The summed E-state index contributed by atoms with van der Waals surface area (Å²) in [5.41, 5.74) is 14.6. The molecule has 1 heterocycles. The number of rotatable bonds is 3. The Balaban J connectivity index is 0.994. The minimum Gasteiger partial charge on any atom is -0.455 e. The molecule has 0 N–H and O–H groups in total. The molecule has 1 aliphatic carbocycles. The van der Waals surface area contributed by atoms with E-state index in [-0.39, 0.29) is 5.41 Å². The van der Waals surface area contributed by atoms with Crippen LogP contribution in [0.5, 0.6) is 0 Å². The predicted octanol–water partition coefficient (Wildman–Crippen LogP) is 15.5. The Labute approximate surface area is 325 Å². The molecule has 0 saturated heterocycles. The van der Waals surface area contributed by atoms with Crippen LogP contribution in [-0.4, -0.2) is 0 Å². The molecular weight excluding hydrogens is 677 g/mol. The van der Waals surface area contributed by atoms with Crippen LogP contribution in [-0.2, 0) is 5.41 Å². The molecule has 11 aromatic rings. The van der Waals surface area contributed by atoms with Crippen molar-refractivity contribution in [3.05, 3.63) is 193 Å². The largest absolute Gasteiger partial charge is 0.455 e. The lowest BCUT2D eigenvalue weighted by molar-refractivity contribution is 0.657. The Morgan fingerprint density at radius 3 is 1.64 bits per heavy atom. The molecule has 1 nitrogen and oxygen atoms in total. The molecule has 0 aliphatic heterocycles. The van der Waals surface area contributed by atoms with Crippen molar-refractivity contribution in [3.63, 3.8) is 0 Å². The molecule has 262 valence electrons. The van der Waals surface area contributed by atoms with Gasteiger partial charge in [0.25, 0.3) is 0 Å². The van der Waals surface area contributed by atoms with Crippen LogP contribution in [0.4, 0.5) is 0 Å². The second kappa shape index (κ2) is 11.5. The molecule has 0 spiro atoms. The molecule has 0 amide bonds. The van der Waals surface area contributed by atoms with Gasteiger partial charge < -0.3 is 4.42 Å². The van der Waals surface area contributed by atoms with E-state index in [0.717, 1.165) is 16.6 Å². The summed E-state index contributed by atoms with van der Waals surface area (Å²) in [6, 6.07) is 67.1. The van der Waals surface area contributed by atoms with Gasteiger partial charge in [-0.25, -0.2) is 0 Å². The first-order valence-corrected chi connectivity index (χ1v) is 19.6. The standard InChI is InChI=1S/C55H36O/c1-55(2)47-30-31-49-53(46-29-26-35-13-4-6-16-39(35)54(46)56-49)52(47)45-28-27-37(32-48(45)55)33-22-24-36(25-23-33)50-41-17-7-9-19-43(41)51(44-20-10-8-18-42(44)50)40-21-11-14-34-12-3-5-15-38(34)40/h3-32H,1-2H3. The summed E-state index contributed by atoms with van der Waals surface area (Å²) >= 11 is 0. The van der Waals surface area contributed by atoms with Gasteiger partial charge in [-0.2, -0.15) is 0 Å². The molecule has 56 heavy (non-hydrogen) atoms. The minimum atomic E-state index is -0.154. The van der Waals surface area contributed by atoms with Crippen LogP contribution in [0.3, 0.4) is 0 Å². The summed E-state index contributed by atoms with van der Waals surface area (Å²) in [5, 5.41) is 12.4. The lowest BCUT2D eigenvalue weighted by Crippen LogP contribution is -2.14. The molecule has 0 atom stereocenters. The van der Waals surface area contributed by atoms with E-state index in [4.69, 9.17) is 4.42 Å². The van der Waals surface area contributed by atoms with E-state index in [1.807, 2.05) is 0 Å². The van der Waals surface area contributed by atoms with Gasteiger partial charge >= 0.3 is 0 Å². The Kier molecular flexibility index (Phi) is 6.46. The number of fused-ring (bicyclic) bond motifs is 12. The van der Waals surface area contributed by atoms with E-state index in [1.165, 1.54) is 104 Å². The fraction of sp³-hybridized carbons (Fsp3) is 0.0545. The van der Waals surface area contributed by atoms with Crippen molar-refractivity contribution in [1.82, 2.24) is 0 Å². The van der Waals surface area contributed by atoms with Crippen molar-refractivity contribution in [1.29, 1.82) is 0 Å². The molecule has 0 radical (unpaired) electrons. The zero-order valence-electron chi connectivity index (χ0n) is 31.2. The lowest BCUT2D eigenvalue weighted by Gasteiger charge is -2.22. The maximum atomic E-state index is 6.61. The maximum absolute atomic E-state index is 6.61. The molecule has 10 aromatic carbocycles. The van der Waals surface area contributed by atoms with E-state index in [1.54, 1.807) is 0 Å². The Hall–Kier alpha value is -6.96. The zero-order valence-corrected chi connectivity index (χ0v) is 31.2. The fourth-order valence-corrected chi connectivity index (χ4v) is 10.0. The first kappa shape index (κ1) is 31.4. The van der Waals surface area contributed by atoms with E-state index in [2.05, 4.69) is 196 Å². The van der Waals surface area contributed by atoms with E-state index < -0.39 is 0 Å². The molecule has 0 saturated carbocycles. The number of furan rings is 1. The molecule has 1 aliphatic rings.